The maximum absolute atomic E-state index is 12.2. The monoisotopic (exact) mass is 409 g/mol. The summed E-state index contributed by atoms with van der Waals surface area (Å²) in [4.78, 5) is 26.8. The van der Waals surface area contributed by atoms with Gasteiger partial charge in [0, 0.05) is 50.8 Å². The average molecular weight is 410 g/mol. The Hall–Kier alpha value is -1.61. The van der Waals surface area contributed by atoms with Crippen molar-refractivity contribution < 1.29 is 19.9 Å². The smallest absolute Gasteiger partial charge is 0.315 e. The number of aromatic hydroxyl groups is 2. The number of hydrogen-bond acceptors (Lipinski definition) is 7. The van der Waals surface area contributed by atoms with Crippen LogP contribution in [-0.4, -0.2) is 70.0 Å². The van der Waals surface area contributed by atoms with Gasteiger partial charge < -0.3 is 20.0 Å². The summed E-state index contributed by atoms with van der Waals surface area (Å²) in [5, 5.41) is 29.9. The second-order valence-corrected chi connectivity index (χ2v) is 5.98. The fraction of sp³-hybridized carbons (Fsp3) is 0.562. The molecule has 0 saturated carbocycles. The minimum Gasteiger partial charge on any atom is -0.504 e. The molecule has 0 bridgehead atoms. The normalized spacial score (nSPS) is 15.0. The van der Waals surface area contributed by atoms with Gasteiger partial charge >= 0.3 is 5.69 Å². The lowest BCUT2D eigenvalue weighted by molar-refractivity contribution is -0.386. The van der Waals surface area contributed by atoms with Crippen molar-refractivity contribution in [1.29, 1.82) is 0 Å². The summed E-state index contributed by atoms with van der Waals surface area (Å²) >= 11 is 0. The fourth-order valence-electron chi connectivity index (χ4n) is 2.86. The van der Waals surface area contributed by atoms with Crippen LogP contribution in [0.15, 0.2) is 12.1 Å². The zero-order valence-electron chi connectivity index (χ0n) is 14.6. The van der Waals surface area contributed by atoms with Crippen molar-refractivity contribution in [2.24, 2.45) is 0 Å². The van der Waals surface area contributed by atoms with E-state index in [0.717, 1.165) is 51.3 Å². The molecular weight excluding hydrogens is 385 g/mol. The van der Waals surface area contributed by atoms with Crippen LogP contribution in [0.4, 0.5) is 5.69 Å². The summed E-state index contributed by atoms with van der Waals surface area (Å²) in [6.45, 7) is 7.57. The van der Waals surface area contributed by atoms with E-state index in [9.17, 15) is 25.1 Å². The van der Waals surface area contributed by atoms with Crippen LogP contribution in [0.3, 0.4) is 0 Å². The number of halogens is 2. The van der Waals surface area contributed by atoms with E-state index in [4.69, 9.17) is 0 Å². The Labute approximate surface area is 164 Å². The van der Waals surface area contributed by atoms with Gasteiger partial charge in [-0.1, -0.05) is 6.92 Å². The number of phenolic OH excluding ortho intramolecular Hbond substituents is 2. The SMILES string of the molecule is CCCN1CCN(CCC(=O)c2cc(O)c(O)c([N+](=O)[O-])c2)CC1.Cl.Cl. The van der Waals surface area contributed by atoms with Crippen molar-refractivity contribution in [3.8, 4) is 11.5 Å². The molecule has 0 radical (unpaired) electrons. The highest BCUT2D eigenvalue weighted by Crippen LogP contribution is 2.36. The first kappa shape index (κ1) is 24.4. The Morgan fingerprint density at radius 2 is 1.65 bits per heavy atom. The number of carbonyl (C=O) groups excluding carboxylic acids is 1. The molecule has 148 valence electrons. The molecule has 1 fully saturated rings. The first-order chi connectivity index (χ1) is 11.4. The molecule has 0 aliphatic carbocycles. The van der Waals surface area contributed by atoms with E-state index >= 15 is 0 Å². The molecule has 0 spiro atoms. The second-order valence-electron chi connectivity index (χ2n) is 5.98. The van der Waals surface area contributed by atoms with Crippen molar-refractivity contribution in [3.63, 3.8) is 0 Å². The minimum absolute atomic E-state index is 0. The first-order valence-electron chi connectivity index (χ1n) is 8.10. The molecule has 8 nitrogen and oxygen atoms in total. The van der Waals surface area contributed by atoms with Crippen molar-refractivity contribution in [2.75, 3.05) is 39.3 Å². The lowest BCUT2D eigenvalue weighted by atomic mass is 10.1. The van der Waals surface area contributed by atoms with Gasteiger partial charge in [0.25, 0.3) is 0 Å². The Kier molecular flexibility index (Phi) is 10.5. The number of nitrogens with zero attached hydrogens (tertiary/aromatic N) is 3. The van der Waals surface area contributed by atoms with Crippen LogP contribution < -0.4 is 0 Å². The highest BCUT2D eigenvalue weighted by molar-refractivity contribution is 5.97. The minimum atomic E-state index is -0.821. The summed E-state index contributed by atoms with van der Waals surface area (Å²) < 4.78 is 0. The van der Waals surface area contributed by atoms with E-state index in [-0.39, 0.29) is 42.6 Å². The number of nitro groups is 1. The van der Waals surface area contributed by atoms with Gasteiger partial charge in [-0.25, -0.2) is 0 Å². The van der Waals surface area contributed by atoms with Crippen LogP contribution in [0.2, 0.25) is 0 Å². The highest BCUT2D eigenvalue weighted by atomic mass is 35.5. The van der Waals surface area contributed by atoms with Crippen molar-refractivity contribution >= 4 is 36.3 Å². The predicted octanol–water partition coefficient (Wildman–Crippen LogP) is 2.45. The number of rotatable bonds is 7. The highest BCUT2D eigenvalue weighted by Gasteiger charge is 2.22. The molecule has 1 aliphatic rings. The van der Waals surface area contributed by atoms with Crippen molar-refractivity contribution in [3.05, 3.63) is 27.8 Å². The van der Waals surface area contributed by atoms with Crippen LogP contribution >= 0.6 is 24.8 Å². The number of phenols is 2. The Bertz CT molecular complexity index is 622. The number of carbonyl (C=O) groups is 1. The summed E-state index contributed by atoms with van der Waals surface area (Å²) in [5.41, 5.74) is -0.617. The maximum atomic E-state index is 12.2. The van der Waals surface area contributed by atoms with Gasteiger partial charge in [-0.15, -0.1) is 24.8 Å². The van der Waals surface area contributed by atoms with Gasteiger partial charge in [-0.05, 0) is 19.0 Å². The van der Waals surface area contributed by atoms with Gasteiger partial charge in [-0.2, -0.15) is 0 Å². The number of piperazine rings is 1. The van der Waals surface area contributed by atoms with Crippen LogP contribution in [0.1, 0.15) is 30.1 Å². The number of nitro benzene ring substituents is 1. The largest absolute Gasteiger partial charge is 0.504 e. The Balaban J connectivity index is 0.00000312. The Morgan fingerprint density at radius 3 is 2.15 bits per heavy atom. The van der Waals surface area contributed by atoms with Crippen LogP contribution in [0.25, 0.3) is 0 Å². The van der Waals surface area contributed by atoms with Gasteiger partial charge in [0.15, 0.2) is 11.5 Å². The molecule has 0 amide bonds. The third-order valence-electron chi connectivity index (χ3n) is 4.25. The topological polar surface area (TPSA) is 107 Å². The van der Waals surface area contributed by atoms with Crippen LogP contribution in [0.5, 0.6) is 11.5 Å². The summed E-state index contributed by atoms with van der Waals surface area (Å²) in [6, 6.07) is 2.08. The van der Waals surface area contributed by atoms with Crippen molar-refractivity contribution in [1.82, 2.24) is 9.80 Å². The molecule has 26 heavy (non-hydrogen) atoms. The van der Waals surface area contributed by atoms with Crippen LogP contribution in [-0.2, 0) is 0 Å². The third-order valence-corrected chi connectivity index (χ3v) is 4.25. The van der Waals surface area contributed by atoms with Crippen molar-refractivity contribution in [2.45, 2.75) is 19.8 Å². The third kappa shape index (κ3) is 6.28. The van der Waals surface area contributed by atoms with E-state index in [1.807, 2.05) is 0 Å². The molecule has 1 heterocycles. The standard InChI is InChI=1S/C16H23N3O5.2ClH/c1-2-4-17-6-8-18(9-7-17)5-3-14(20)12-10-13(19(23)24)16(22)15(21)11-12;;/h10-11,21-22H,2-9H2,1H3;2*1H. The summed E-state index contributed by atoms with van der Waals surface area (Å²) in [6.07, 6.45) is 1.34. The van der Waals surface area contributed by atoms with Gasteiger partial charge in [0.05, 0.1) is 4.92 Å². The Morgan fingerprint density at radius 1 is 1.12 bits per heavy atom. The maximum Gasteiger partial charge on any atom is 0.315 e. The molecule has 10 heteroatoms. The quantitative estimate of drug-likeness (QED) is 0.308. The van der Waals surface area contributed by atoms with E-state index in [1.165, 1.54) is 0 Å². The fourth-order valence-corrected chi connectivity index (χ4v) is 2.86. The molecule has 0 aromatic heterocycles. The van der Waals surface area contributed by atoms with Gasteiger partial charge in [0.2, 0.25) is 5.75 Å². The molecule has 1 aromatic rings. The molecule has 1 aliphatic heterocycles. The zero-order chi connectivity index (χ0) is 17.7. The van der Waals surface area contributed by atoms with E-state index in [2.05, 4.69) is 16.7 Å². The number of Topliss-reactive ketones (excluding diaryl/α,β-unsaturated/α-hetero) is 1. The summed E-state index contributed by atoms with van der Waals surface area (Å²) in [7, 11) is 0. The number of benzene rings is 1. The van der Waals surface area contributed by atoms with Crippen LogP contribution in [0, 0.1) is 10.1 Å². The molecule has 1 aromatic carbocycles. The van der Waals surface area contributed by atoms with Gasteiger partial charge in [-0.3, -0.25) is 14.9 Å². The number of ketones is 1. The average Bonchev–Trinajstić information content (AvgIpc) is 2.56. The number of hydrogen-bond donors (Lipinski definition) is 2. The van der Waals surface area contributed by atoms with E-state index < -0.39 is 22.1 Å². The molecule has 2 N–H and O–H groups in total. The lowest BCUT2D eigenvalue weighted by Crippen LogP contribution is -2.46. The van der Waals surface area contributed by atoms with E-state index in [0.29, 0.717) is 6.54 Å². The predicted molar refractivity (Wildman–Crippen MR) is 103 cm³/mol. The molecule has 1 saturated heterocycles. The molecule has 0 unspecified atom stereocenters. The molecular formula is C16H25Cl2N3O5. The van der Waals surface area contributed by atoms with Gasteiger partial charge in [0.1, 0.15) is 0 Å². The molecule has 2 rings (SSSR count). The zero-order valence-corrected chi connectivity index (χ0v) is 16.2. The van der Waals surface area contributed by atoms with E-state index in [1.54, 1.807) is 0 Å². The first-order valence-corrected chi connectivity index (χ1v) is 8.10. The lowest BCUT2D eigenvalue weighted by Gasteiger charge is -2.34. The molecule has 0 atom stereocenters. The summed E-state index contributed by atoms with van der Waals surface area (Å²) in [5.74, 6) is -1.76. The second kappa shape index (κ2) is 11.2.